The number of hydrogen-bond acceptors (Lipinski definition) is 8. The van der Waals surface area contributed by atoms with E-state index in [2.05, 4.69) is 4.90 Å². The molecule has 210 valence electrons. The van der Waals surface area contributed by atoms with Gasteiger partial charge in [-0.05, 0) is 59.7 Å². The lowest BCUT2D eigenvalue weighted by Crippen LogP contribution is -2.49. The highest BCUT2D eigenvalue weighted by atomic mass is 16.5. The van der Waals surface area contributed by atoms with Gasteiger partial charge in [-0.25, -0.2) is 9.59 Å². The van der Waals surface area contributed by atoms with Crippen LogP contribution in [0.4, 0.5) is 0 Å². The van der Waals surface area contributed by atoms with Crippen molar-refractivity contribution in [3.8, 4) is 5.75 Å². The maximum Gasteiger partial charge on any atom is 0.337 e. The molecule has 0 spiro atoms. The molecule has 3 aromatic carbocycles. The topological polar surface area (TPSA) is 94.6 Å². The van der Waals surface area contributed by atoms with Gasteiger partial charge in [0.05, 0.1) is 45.2 Å². The molecule has 0 unspecified atom stereocenters. The Morgan fingerprint density at radius 1 is 0.750 bits per heavy atom. The zero-order chi connectivity index (χ0) is 28.5. The monoisotopic (exact) mass is 546 g/mol. The van der Waals surface area contributed by atoms with Crippen molar-refractivity contribution < 1.29 is 33.3 Å². The molecule has 40 heavy (non-hydrogen) atoms. The Hall–Kier alpha value is -4.21. The van der Waals surface area contributed by atoms with Crippen LogP contribution >= 0.6 is 0 Å². The molecule has 1 heterocycles. The third kappa shape index (κ3) is 7.25. The Morgan fingerprint density at radius 3 is 1.90 bits per heavy atom. The van der Waals surface area contributed by atoms with E-state index in [1.807, 2.05) is 41.3 Å². The van der Waals surface area contributed by atoms with E-state index in [9.17, 15) is 14.4 Å². The lowest BCUT2D eigenvalue weighted by atomic mass is 10.1. The fourth-order valence-electron chi connectivity index (χ4n) is 4.57. The van der Waals surface area contributed by atoms with Crippen molar-refractivity contribution >= 4 is 17.8 Å². The molecule has 4 rings (SSSR count). The number of amides is 1. The summed E-state index contributed by atoms with van der Waals surface area (Å²) in [7, 11) is 4.32. The van der Waals surface area contributed by atoms with Gasteiger partial charge >= 0.3 is 11.9 Å². The predicted octanol–water partition coefficient (Wildman–Crippen LogP) is 3.98. The Labute approximate surface area is 234 Å². The fourth-order valence-corrected chi connectivity index (χ4v) is 4.57. The van der Waals surface area contributed by atoms with Crippen molar-refractivity contribution in [1.29, 1.82) is 0 Å². The summed E-state index contributed by atoms with van der Waals surface area (Å²) in [6.07, 6.45) is -0.233. The van der Waals surface area contributed by atoms with Crippen molar-refractivity contribution in [3.05, 3.63) is 101 Å². The van der Waals surface area contributed by atoms with Crippen LogP contribution in [0.2, 0.25) is 0 Å². The minimum atomic E-state index is -0.432. The minimum absolute atomic E-state index is 0.0629. The Balaban J connectivity index is 1.38. The molecule has 0 bridgehead atoms. The first-order chi connectivity index (χ1) is 19.4. The Morgan fingerprint density at radius 2 is 1.32 bits per heavy atom. The number of benzene rings is 3. The van der Waals surface area contributed by atoms with Crippen LogP contribution in [0.3, 0.4) is 0 Å². The highest BCUT2D eigenvalue weighted by Gasteiger charge is 2.25. The average molecular weight is 547 g/mol. The molecule has 1 fully saturated rings. The number of carbonyl (C=O) groups excluding carboxylic acids is 3. The van der Waals surface area contributed by atoms with Crippen LogP contribution in [0.1, 0.15) is 48.3 Å². The zero-order valence-corrected chi connectivity index (χ0v) is 23.0. The van der Waals surface area contributed by atoms with Crippen LogP contribution in [-0.2, 0) is 20.8 Å². The number of carbonyl (C=O) groups is 3. The second-order valence-electron chi connectivity index (χ2n) is 9.43. The summed E-state index contributed by atoms with van der Waals surface area (Å²) in [6.45, 7) is 3.56. The molecular weight excluding hydrogens is 512 g/mol. The van der Waals surface area contributed by atoms with Gasteiger partial charge in [0, 0.05) is 38.3 Å². The summed E-state index contributed by atoms with van der Waals surface area (Å²) < 4.78 is 21.3. The quantitative estimate of drug-likeness (QED) is 0.353. The third-order valence-electron chi connectivity index (χ3n) is 6.93. The Bertz CT molecular complexity index is 1300. The van der Waals surface area contributed by atoms with Gasteiger partial charge < -0.3 is 23.8 Å². The molecule has 3 aromatic rings. The minimum Gasteiger partial charge on any atom is -0.497 e. The molecule has 1 aliphatic heterocycles. The van der Waals surface area contributed by atoms with E-state index in [1.54, 1.807) is 43.5 Å². The van der Waals surface area contributed by atoms with E-state index in [0.29, 0.717) is 56.0 Å². The van der Waals surface area contributed by atoms with Gasteiger partial charge in [0.1, 0.15) is 5.75 Å². The van der Waals surface area contributed by atoms with Crippen LogP contribution in [0, 0.1) is 0 Å². The van der Waals surface area contributed by atoms with Crippen molar-refractivity contribution in [1.82, 2.24) is 9.80 Å². The third-order valence-corrected chi connectivity index (χ3v) is 6.93. The van der Waals surface area contributed by atoms with Crippen LogP contribution in [0.25, 0.3) is 0 Å². The summed E-state index contributed by atoms with van der Waals surface area (Å²) in [5.41, 5.74) is 3.37. The number of nitrogens with zero attached hydrogens (tertiary/aromatic N) is 2. The molecule has 0 aromatic heterocycles. The average Bonchev–Trinajstić information content (AvgIpc) is 3.02. The SMILES string of the molecule is COC(=O)c1ccc(CO[C@@H](CN2CCN(C(=O)c3ccc(C(=O)OC)cc3)CC2)c2cccc(OC)c2)cc1. The second kappa shape index (κ2) is 13.7. The van der Waals surface area contributed by atoms with Crippen LogP contribution in [-0.4, -0.2) is 81.7 Å². The van der Waals surface area contributed by atoms with E-state index in [0.717, 1.165) is 16.9 Å². The molecule has 9 nitrogen and oxygen atoms in total. The maximum absolute atomic E-state index is 13.0. The molecule has 1 aliphatic rings. The van der Waals surface area contributed by atoms with Gasteiger partial charge in [0.2, 0.25) is 0 Å². The van der Waals surface area contributed by atoms with Crippen molar-refractivity contribution in [3.63, 3.8) is 0 Å². The largest absolute Gasteiger partial charge is 0.497 e. The van der Waals surface area contributed by atoms with E-state index in [4.69, 9.17) is 18.9 Å². The summed E-state index contributed by atoms with van der Waals surface area (Å²) in [5, 5.41) is 0. The molecule has 9 heteroatoms. The number of methoxy groups -OCH3 is 3. The van der Waals surface area contributed by atoms with Gasteiger partial charge in [-0.3, -0.25) is 9.69 Å². The molecule has 0 N–H and O–H groups in total. The number of hydrogen-bond donors (Lipinski definition) is 0. The smallest absolute Gasteiger partial charge is 0.337 e. The van der Waals surface area contributed by atoms with Crippen molar-refractivity contribution in [2.24, 2.45) is 0 Å². The highest BCUT2D eigenvalue weighted by Crippen LogP contribution is 2.25. The lowest BCUT2D eigenvalue weighted by molar-refractivity contribution is 0.00331. The summed E-state index contributed by atoms with van der Waals surface area (Å²) in [6, 6.07) is 21.5. The molecule has 1 amide bonds. The summed E-state index contributed by atoms with van der Waals surface area (Å²) in [5.74, 6) is -0.120. The van der Waals surface area contributed by atoms with Gasteiger partial charge in [-0.15, -0.1) is 0 Å². The highest BCUT2D eigenvalue weighted by molar-refractivity contribution is 5.96. The molecule has 1 atom stereocenters. The van der Waals surface area contributed by atoms with Crippen molar-refractivity contribution in [2.75, 3.05) is 54.1 Å². The van der Waals surface area contributed by atoms with E-state index in [1.165, 1.54) is 14.2 Å². The first kappa shape index (κ1) is 28.8. The molecule has 0 saturated carbocycles. The standard InChI is InChI=1S/C31H34N2O7/c1-37-27-6-4-5-26(19-27)28(40-21-22-7-9-24(10-8-22)30(35)38-2)20-32-15-17-33(18-16-32)29(34)23-11-13-25(14-12-23)31(36)39-3/h4-14,19,28H,15-18,20-21H2,1-3H3/t28-/m0/s1. The first-order valence-electron chi connectivity index (χ1n) is 13.0. The lowest BCUT2D eigenvalue weighted by Gasteiger charge is -2.36. The van der Waals surface area contributed by atoms with E-state index >= 15 is 0 Å². The molecule has 1 saturated heterocycles. The van der Waals surface area contributed by atoms with Crippen molar-refractivity contribution in [2.45, 2.75) is 12.7 Å². The number of esters is 2. The Kier molecular flexibility index (Phi) is 9.88. The summed E-state index contributed by atoms with van der Waals surface area (Å²) >= 11 is 0. The number of rotatable bonds is 10. The van der Waals surface area contributed by atoms with Crippen LogP contribution in [0.5, 0.6) is 5.75 Å². The molecule has 0 radical (unpaired) electrons. The van der Waals surface area contributed by atoms with Gasteiger partial charge in [-0.1, -0.05) is 24.3 Å². The molecule has 0 aliphatic carbocycles. The summed E-state index contributed by atoms with van der Waals surface area (Å²) in [4.78, 5) is 40.6. The van der Waals surface area contributed by atoms with Crippen LogP contribution < -0.4 is 4.74 Å². The number of ether oxygens (including phenoxy) is 4. The van der Waals surface area contributed by atoms with Crippen LogP contribution in [0.15, 0.2) is 72.8 Å². The number of piperazine rings is 1. The maximum atomic E-state index is 13.0. The second-order valence-corrected chi connectivity index (χ2v) is 9.43. The van der Waals surface area contributed by atoms with E-state index in [-0.39, 0.29) is 18.0 Å². The molecular formula is C31H34N2O7. The predicted molar refractivity (Wildman–Crippen MR) is 148 cm³/mol. The first-order valence-corrected chi connectivity index (χ1v) is 13.0. The normalized spacial score (nSPS) is 14.3. The fraction of sp³-hybridized carbons (Fsp3) is 0.323. The van der Waals surface area contributed by atoms with E-state index < -0.39 is 5.97 Å². The zero-order valence-electron chi connectivity index (χ0n) is 23.0. The van der Waals surface area contributed by atoms with Gasteiger partial charge in [0.25, 0.3) is 5.91 Å². The van der Waals surface area contributed by atoms with Gasteiger partial charge in [-0.2, -0.15) is 0 Å². The van der Waals surface area contributed by atoms with Gasteiger partial charge in [0.15, 0.2) is 0 Å².